The van der Waals surface area contributed by atoms with Crippen LogP contribution in [-0.4, -0.2) is 40.5 Å². The maximum absolute atomic E-state index is 13.9. The first kappa shape index (κ1) is 29.2. The Bertz CT molecular complexity index is 947. The van der Waals surface area contributed by atoms with E-state index in [1.165, 1.54) is 0 Å². The lowest BCUT2D eigenvalue weighted by Gasteiger charge is -2.33. The normalized spacial score (nSPS) is 16.0. The lowest BCUT2D eigenvalue weighted by Crippen LogP contribution is -2.53. The molecule has 1 aromatic carbocycles. The minimum Gasteiger partial charge on any atom is -0.444 e. The van der Waals surface area contributed by atoms with Gasteiger partial charge in [0, 0.05) is 12.1 Å². The van der Waals surface area contributed by atoms with Gasteiger partial charge in [-0.05, 0) is 76.5 Å². The zero-order valence-electron chi connectivity index (χ0n) is 22.9. The van der Waals surface area contributed by atoms with Crippen molar-refractivity contribution in [3.8, 4) is 12.5 Å². The largest absolute Gasteiger partial charge is 0.444 e. The Balaban J connectivity index is 2.45. The number of nitrogens with zero attached hydrogens (tertiary/aromatic N) is 1. The molecule has 3 amide bonds. The third-order valence-corrected chi connectivity index (χ3v) is 6.35. The van der Waals surface area contributed by atoms with E-state index < -0.39 is 29.7 Å². The highest BCUT2D eigenvalue weighted by Crippen LogP contribution is 2.29. The lowest BCUT2D eigenvalue weighted by molar-refractivity contribution is -0.139. The van der Waals surface area contributed by atoms with E-state index in [1.54, 1.807) is 20.8 Å². The molecule has 1 aliphatic rings. The van der Waals surface area contributed by atoms with E-state index in [4.69, 9.17) is 11.2 Å². The van der Waals surface area contributed by atoms with Gasteiger partial charge in [0.25, 0.3) is 5.91 Å². The molecule has 0 saturated heterocycles. The fourth-order valence-electron chi connectivity index (χ4n) is 4.74. The van der Waals surface area contributed by atoms with Crippen molar-refractivity contribution in [3.05, 3.63) is 34.9 Å². The summed E-state index contributed by atoms with van der Waals surface area (Å²) in [4.78, 5) is 41.4. The molecular formula is C29H43N3O4. The number of ether oxygens (including phenoxy) is 1. The van der Waals surface area contributed by atoms with E-state index in [2.05, 4.69) is 16.7 Å². The fraction of sp³-hybridized carbons (Fsp3) is 0.621. The summed E-state index contributed by atoms with van der Waals surface area (Å²) in [5.41, 5.74) is 1.72. The molecule has 0 heterocycles. The van der Waals surface area contributed by atoms with Gasteiger partial charge in [0.2, 0.25) is 5.91 Å². The number of hydrogen-bond donors (Lipinski definition) is 2. The van der Waals surface area contributed by atoms with Crippen molar-refractivity contribution in [2.45, 2.75) is 111 Å². The molecule has 0 aromatic heterocycles. The average molecular weight is 498 g/mol. The zero-order chi connectivity index (χ0) is 27.0. The Kier molecular flexibility index (Phi) is 10.4. The number of benzene rings is 1. The number of rotatable bonds is 8. The molecule has 2 unspecified atom stereocenters. The van der Waals surface area contributed by atoms with Crippen molar-refractivity contribution in [2.75, 3.05) is 0 Å². The summed E-state index contributed by atoms with van der Waals surface area (Å²) < 4.78 is 5.39. The lowest BCUT2D eigenvalue weighted by atomic mass is 9.91. The van der Waals surface area contributed by atoms with Gasteiger partial charge in [-0.2, -0.15) is 0 Å². The van der Waals surface area contributed by atoms with Crippen molar-refractivity contribution < 1.29 is 19.1 Å². The van der Waals surface area contributed by atoms with Crippen LogP contribution in [0.5, 0.6) is 0 Å². The van der Waals surface area contributed by atoms with Crippen molar-refractivity contribution in [2.24, 2.45) is 5.92 Å². The van der Waals surface area contributed by atoms with Crippen LogP contribution in [0.3, 0.4) is 0 Å². The Hall–Kier alpha value is -3.01. The van der Waals surface area contributed by atoms with Gasteiger partial charge in [0.05, 0.1) is 0 Å². The molecule has 2 rings (SSSR count). The van der Waals surface area contributed by atoms with Crippen molar-refractivity contribution in [1.29, 1.82) is 0 Å². The zero-order valence-corrected chi connectivity index (χ0v) is 22.9. The second-order valence-corrected chi connectivity index (χ2v) is 11.2. The third-order valence-electron chi connectivity index (χ3n) is 6.35. The molecule has 36 heavy (non-hydrogen) atoms. The number of carbonyl (C=O) groups is 3. The van der Waals surface area contributed by atoms with E-state index in [9.17, 15) is 14.4 Å². The van der Waals surface area contributed by atoms with Gasteiger partial charge in [0.1, 0.15) is 17.7 Å². The monoisotopic (exact) mass is 497 g/mol. The molecule has 0 bridgehead atoms. The van der Waals surface area contributed by atoms with Crippen molar-refractivity contribution >= 4 is 17.9 Å². The van der Waals surface area contributed by atoms with Gasteiger partial charge in [-0.25, -0.2) is 4.79 Å². The molecule has 0 spiro atoms. The average Bonchev–Trinajstić information content (AvgIpc) is 2.76. The van der Waals surface area contributed by atoms with Gasteiger partial charge in [-0.3, -0.25) is 14.5 Å². The Morgan fingerprint density at radius 3 is 2.19 bits per heavy atom. The first-order chi connectivity index (χ1) is 16.8. The number of nitrogens with one attached hydrogen (secondary N) is 2. The number of alkyl carbamates (subject to hydrolysis) is 1. The predicted molar refractivity (Wildman–Crippen MR) is 142 cm³/mol. The quantitative estimate of drug-likeness (QED) is 0.384. The molecule has 198 valence electrons. The van der Waals surface area contributed by atoms with E-state index in [0.29, 0.717) is 12.0 Å². The summed E-state index contributed by atoms with van der Waals surface area (Å²) in [6.45, 7) is 13.0. The standard InChI is InChI=1S/C29H43N3O4/c1-9-32(27(34)23(18-19(2)3)31-28(35)36-29(6,7)8)25(24-20(4)14-13-15-21(24)5)26(33)30-22-16-11-10-12-17-22/h1,13-15,19,22-23,25H,10-12,16-18H2,2-8H3,(H,30,33)(H,31,35). The Morgan fingerprint density at radius 2 is 1.69 bits per heavy atom. The second-order valence-electron chi connectivity index (χ2n) is 11.2. The minimum atomic E-state index is -1.01. The summed E-state index contributed by atoms with van der Waals surface area (Å²) in [5, 5.41) is 5.85. The summed E-state index contributed by atoms with van der Waals surface area (Å²) in [7, 11) is 0. The van der Waals surface area contributed by atoms with Crippen LogP contribution < -0.4 is 10.6 Å². The molecule has 1 aliphatic carbocycles. The second kappa shape index (κ2) is 12.8. The highest BCUT2D eigenvalue weighted by molar-refractivity contribution is 5.93. The first-order valence-electron chi connectivity index (χ1n) is 13.0. The number of aryl methyl sites for hydroxylation is 2. The van der Waals surface area contributed by atoms with Crippen LogP contribution in [-0.2, 0) is 14.3 Å². The van der Waals surface area contributed by atoms with Crippen molar-refractivity contribution in [3.63, 3.8) is 0 Å². The maximum Gasteiger partial charge on any atom is 0.408 e. The maximum atomic E-state index is 13.9. The van der Waals surface area contributed by atoms with E-state index in [0.717, 1.165) is 48.1 Å². The number of hydrogen-bond acceptors (Lipinski definition) is 4. The predicted octanol–water partition coefficient (Wildman–Crippen LogP) is 5.15. The molecule has 2 N–H and O–H groups in total. The van der Waals surface area contributed by atoms with Crippen LogP contribution in [0.15, 0.2) is 18.2 Å². The summed E-state index contributed by atoms with van der Waals surface area (Å²) >= 11 is 0. The molecular weight excluding hydrogens is 454 g/mol. The highest BCUT2D eigenvalue weighted by Gasteiger charge is 2.38. The van der Waals surface area contributed by atoms with Crippen LogP contribution in [0.1, 0.15) is 95.9 Å². The van der Waals surface area contributed by atoms with Crippen LogP contribution in [0.25, 0.3) is 0 Å². The van der Waals surface area contributed by atoms with Crippen LogP contribution >= 0.6 is 0 Å². The van der Waals surface area contributed by atoms with E-state index in [1.807, 2.05) is 45.9 Å². The number of amides is 3. The molecule has 0 radical (unpaired) electrons. The Labute approximate surface area is 216 Å². The molecule has 7 heteroatoms. The van der Waals surface area contributed by atoms with Gasteiger partial charge >= 0.3 is 6.09 Å². The first-order valence-corrected chi connectivity index (χ1v) is 13.0. The number of terminal acetylenes is 1. The number of carbonyl (C=O) groups excluding carboxylic acids is 3. The minimum absolute atomic E-state index is 0.0548. The van der Waals surface area contributed by atoms with E-state index >= 15 is 0 Å². The SMILES string of the molecule is C#CN(C(=O)C(CC(C)C)NC(=O)OC(C)(C)C)C(C(=O)NC1CCCCC1)c1c(C)cccc1C. The molecule has 7 nitrogen and oxygen atoms in total. The Morgan fingerprint density at radius 1 is 1.11 bits per heavy atom. The smallest absolute Gasteiger partial charge is 0.408 e. The molecule has 1 saturated carbocycles. The summed E-state index contributed by atoms with van der Waals surface area (Å²) in [6, 6.07) is 6.31. The molecule has 1 aromatic rings. The van der Waals surface area contributed by atoms with Gasteiger partial charge in [-0.1, -0.05) is 57.7 Å². The fourth-order valence-corrected chi connectivity index (χ4v) is 4.74. The topological polar surface area (TPSA) is 87.7 Å². The molecule has 2 atom stereocenters. The summed E-state index contributed by atoms with van der Waals surface area (Å²) in [5.74, 6) is -0.724. The van der Waals surface area contributed by atoms with Gasteiger partial charge in [-0.15, -0.1) is 0 Å². The van der Waals surface area contributed by atoms with Gasteiger partial charge < -0.3 is 15.4 Å². The summed E-state index contributed by atoms with van der Waals surface area (Å²) in [6.07, 6.45) is 10.7. The highest BCUT2D eigenvalue weighted by atomic mass is 16.6. The van der Waals surface area contributed by atoms with Crippen LogP contribution in [0.2, 0.25) is 0 Å². The van der Waals surface area contributed by atoms with Crippen molar-refractivity contribution in [1.82, 2.24) is 15.5 Å². The van der Waals surface area contributed by atoms with Crippen LogP contribution in [0.4, 0.5) is 4.79 Å². The van der Waals surface area contributed by atoms with Gasteiger partial charge in [0.15, 0.2) is 0 Å². The third kappa shape index (κ3) is 8.29. The molecule has 1 fully saturated rings. The molecule has 0 aliphatic heterocycles. The van der Waals surface area contributed by atoms with E-state index in [-0.39, 0.29) is 17.9 Å². The van der Waals surface area contributed by atoms with Crippen LogP contribution in [0, 0.1) is 32.2 Å².